The number of nitrogens with one attached hydrogen (secondary N) is 2. The van der Waals surface area contributed by atoms with Crippen molar-refractivity contribution in [3.8, 4) is 11.5 Å². The van der Waals surface area contributed by atoms with Crippen molar-refractivity contribution in [1.29, 1.82) is 0 Å². The van der Waals surface area contributed by atoms with Crippen LogP contribution in [0.3, 0.4) is 0 Å². The van der Waals surface area contributed by atoms with Gasteiger partial charge in [-0.1, -0.05) is 23.7 Å². The van der Waals surface area contributed by atoms with Crippen LogP contribution in [0.5, 0.6) is 11.5 Å². The van der Waals surface area contributed by atoms with Gasteiger partial charge in [0.1, 0.15) is 17.2 Å². The van der Waals surface area contributed by atoms with E-state index in [2.05, 4.69) is 15.6 Å². The molecule has 0 unspecified atom stereocenters. The molecule has 0 aliphatic heterocycles. The number of pyridine rings is 1. The molecule has 0 radical (unpaired) electrons. The van der Waals surface area contributed by atoms with Crippen LogP contribution in [0.15, 0.2) is 72.9 Å². The number of benzene rings is 2. The zero-order valence-electron chi connectivity index (χ0n) is 15.6. The maximum absolute atomic E-state index is 12.1. The number of halogens is 1. The summed E-state index contributed by atoms with van der Waals surface area (Å²) in [7, 11) is 1.54. The molecule has 1 heterocycles. The van der Waals surface area contributed by atoms with Crippen LogP contribution in [0.25, 0.3) is 6.08 Å². The smallest absolute Gasteiger partial charge is 0.269 e. The fraction of sp³-hybridized carbons (Fsp3) is 0.0455. The molecule has 7 heteroatoms. The van der Waals surface area contributed by atoms with Gasteiger partial charge in [-0.2, -0.15) is 0 Å². The highest BCUT2D eigenvalue weighted by molar-refractivity contribution is 6.30. The van der Waals surface area contributed by atoms with Crippen molar-refractivity contribution in [3.05, 3.63) is 89.2 Å². The van der Waals surface area contributed by atoms with E-state index in [1.54, 1.807) is 54.6 Å². The van der Waals surface area contributed by atoms with Crippen LogP contribution in [0.4, 0.5) is 5.69 Å². The fourth-order valence-electron chi connectivity index (χ4n) is 2.44. The summed E-state index contributed by atoms with van der Waals surface area (Å²) < 4.78 is 5.73. The second-order valence-electron chi connectivity index (χ2n) is 5.96. The summed E-state index contributed by atoms with van der Waals surface area (Å²) in [5.74, 6) is 0.494. The fourth-order valence-corrected chi connectivity index (χ4v) is 2.63. The van der Waals surface area contributed by atoms with Gasteiger partial charge in [-0.05, 0) is 54.1 Å². The molecule has 0 spiro atoms. The Morgan fingerprint density at radius 1 is 1.03 bits per heavy atom. The van der Waals surface area contributed by atoms with E-state index in [4.69, 9.17) is 16.3 Å². The molecule has 146 valence electrons. The van der Waals surface area contributed by atoms with Gasteiger partial charge in [-0.15, -0.1) is 0 Å². The Morgan fingerprint density at radius 3 is 2.55 bits per heavy atom. The molecule has 3 aromatic rings. The molecular formula is C22H18ClN3O3. The lowest BCUT2D eigenvalue weighted by molar-refractivity contribution is -0.111. The second-order valence-corrected chi connectivity index (χ2v) is 6.40. The summed E-state index contributed by atoms with van der Waals surface area (Å²) in [4.78, 5) is 27.7. The maximum Gasteiger partial charge on any atom is 0.269 e. The first-order valence-corrected chi connectivity index (χ1v) is 9.12. The van der Waals surface area contributed by atoms with Gasteiger partial charge in [0.05, 0.1) is 0 Å². The standard InChI is InChI=1S/C22H18ClN3O3/c1-24-22(28)20-14-19(11-12-25-20)29-18-8-6-17(7-9-18)26-21(27)10-5-15-3-2-4-16(23)13-15/h2-14H,1H3,(H,24,28)(H,26,27). The average molecular weight is 408 g/mol. The third kappa shape index (κ3) is 5.92. The molecule has 2 N–H and O–H groups in total. The third-order valence-corrected chi connectivity index (χ3v) is 4.06. The Bertz CT molecular complexity index is 1050. The Balaban J connectivity index is 1.60. The lowest BCUT2D eigenvalue weighted by atomic mass is 10.2. The van der Waals surface area contributed by atoms with Crippen LogP contribution in [-0.2, 0) is 4.79 Å². The van der Waals surface area contributed by atoms with Gasteiger partial charge in [0.25, 0.3) is 5.91 Å². The van der Waals surface area contributed by atoms with Gasteiger partial charge in [0.15, 0.2) is 0 Å². The summed E-state index contributed by atoms with van der Waals surface area (Å²) in [6.45, 7) is 0. The van der Waals surface area contributed by atoms with E-state index < -0.39 is 0 Å². The van der Waals surface area contributed by atoms with Gasteiger partial charge in [-0.3, -0.25) is 14.6 Å². The van der Waals surface area contributed by atoms with Crippen molar-refractivity contribution in [3.63, 3.8) is 0 Å². The highest BCUT2D eigenvalue weighted by Gasteiger charge is 2.07. The van der Waals surface area contributed by atoms with Crippen LogP contribution in [0, 0.1) is 0 Å². The van der Waals surface area contributed by atoms with Crippen LogP contribution >= 0.6 is 11.6 Å². The van der Waals surface area contributed by atoms with E-state index in [9.17, 15) is 9.59 Å². The topological polar surface area (TPSA) is 80.3 Å². The Labute approximate surface area is 173 Å². The molecule has 0 saturated heterocycles. The first-order chi connectivity index (χ1) is 14.0. The molecule has 0 bridgehead atoms. The van der Waals surface area contributed by atoms with E-state index in [1.165, 1.54) is 19.3 Å². The predicted molar refractivity (Wildman–Crippen MR) is 113 cm³/mol. The molecule has 29 heavy (non-hydrogen) atoms. The van der Waals surface area contributed by atoms with Crippen molar-refractivity contribution in [2.45, 2.75) is 0 Å². The van der Waals surface area contributed by atoms with Crippen molar-refractivity contribution < 1.29 is 14.3 Å². The Morgan fingerprint density at radius 2 is 1.83 bits per heavy atom. The number of carbonyl (C=O) groups is 2. The van der Waals surface area contributed by atoms with Gasteiger partial charge in [0.2, 0.25) is 5.91 Å². The summed E-state index contributed by atoms with van der Waals surface area (Å²) in [5, 5.41) is 5.90. The monoisotopic (exact) mass is 407 g/mol. The Kier molecular flexibility index (Phi) is 6.60. The van der Waals surface area contributed by atoms with Crippen LogP contribution in [-0.4, -0.2) is 23.8 Å². The number of anilines is 1. The molecule has 6 nitrogen and oxygen atoms in total. The molecule has 0 atom stereocenters. The third-order valence-electron chi connectivity index (χ3n) is 3.82. The van der Waals surface area contributed by atoms with Crippen molar-refractivity contribution >= 4 is 35.2 Å². The molecule has 1 aromatic heterocycles. The van der Waals surface area contributed by atoms with E-state index in [1.807, 2.05) is 12.1 Å². The summed E-state index contributed by atoms with van der Waals surface area (Å²) in [6, 6.07) is 17.3. The van der Waals surface area contributed by atoms with Gasteiger partial charge in [0, 0.05) is 36.1 Å². The van der Waals surface area contributed by atoms with Crippen molar-refractivity contribution in [1.82, 2.24) is 10.3 Å². The first kappa shape index (κ1) is 20.1. The van der Waals surface area contributed by atoms with E-state index >= 15 is 0 Å². The molecular weight excluding hydrogens is 390 g/mol. The van der Waals surface area contributed by atoms with Crippen molar-refractivity contribution in [2.75, 3.05) is 12.4 Å². The van der Waals surface area contributed by atoms with Gasteiger partial charge >= 0.3 is 0 Å². The molecule has 0 aliphatic carbocycles. The number of amides is 2. The highest BCUT2D eigenvalue weighted by atomic mass is 35.5. The average Bonchev–Trinajstić information content (AvgIpc) is 2.73. The summed E-state index contributed by atoms with van der Waals surface area (Å²) in [5.41, 5.74) is 1.73. The van der Waals surface area contributed by atoms with Gasteiger partial charge < -0.3 is 15.4 Å². The minimum absolute atomic E-state index is 0.261. The number of hydrogen-bond donors (Lipinski definition) is 2. The normalized spacial score (nSPS) is 10.6. The Hall–Kier alpha value is -3.64. The number of nitrogens with zero attached hydrogens (tertiary/aromatic N) is 1. The van der Waals surface area contributed by atoms with Crippen LogP contribution < -0.4 is 15.4 Å². The quantitative estimate of drug-likeness (QED) is 0.588. The highest BCUT2D eigenvalue weighted by Crippen LogP contribution is 2.23. The zero-order valence-corrected chi connectivity index (χ0v) is 16.3. The zero-order chi connectivity index (χ0) is 20.6. The number of hydrogen-bond acceptors (Lipinski definition) is 4. The van der Waals surface area contributed by atoms with Crippen LogP contribution in [0.2, 0.25) is 5.02 Å². The second kappa shape index (κ2) is 9.52. The molecule has 0 aliphatic rings. The van der Waals surface area contributed by atoms with Crippen LogP contribution in [0.1, 0.15) is 16.1 Å². The number of aromatic nitrogens is 1. The molecule has 3 rings (SSSR count). The summed E-state index contributed by atoms with van der Waals surface area (Å²) >= 11 is 5.92. The lowest BCUT2D eigenvalue weighted by Gasteiger charge is -2.08. The van der Waals surface area contributed by atoms with Gasteiger partial charge in [-0.25, -0.2) is 0 Å². The molecule has 0 saturated carbocycles. The molecule has 2 amide bonds. The van der Waals surface area contributed by atoms with E-state index in [-0.39, 0.29) is 17.5 Å². The van der Waals surface area contributed by atoms with Crippen molar-refractivity contribution in [2.24, 2.45) is 0 Å². The molecule has 2 aromatic carbocycles. The lowest BCUT2D eigenvalue weighted by Crippen LogP contribution is -2.18. The first-order valence-electron chi connectivity index (χ1n) is 8.74. The minimum atomic E-state index is -0.292. The minimum Gasteiger partial charge on any atom is -0.457 e. The van der Waals surface area contributed by atoms with E-state index in [0.29, 0.717) is 22.2 Å². The van der Waals surface area contributed by atoms with E-state index in [0.717, 1.165) is 5.56 Å². The largest absolute Gasteiger partial charge is 0.457 e. The number of ether oxygens (including phenoxy) is 1. The predicted octanol–water partition coefficient (Wildman–Crippen LogP) is 4.54. The maximum atomic E-state index is 12.1. The number of carbonyl (C=O) groups excluding carboxylic acids is 2. The SMILES string of the molecule is CNC(=O)c1cc(Oc2ccc(NC(=O)C=Cc3cccc(Cl)c3)cc2)ccn1. The molecule has 0 fully saturated rings. The summed E-state index contributed by atoms with van der Waals surface area (Å²) in [6.07, 6.45) is 4.63. The number of rotatable bonds is 6.